The number of carboxylic acids is 1. The van der Waals surface area contributed by atoms with E-state index in [-0.39, 0.29) is 5.56 Å². The fourth-order valence-electron chi connectivity index (χ4n) is 3.59. The predicted molar refractivity (Wildman–Crippen MR) is 112 cm³/mol. The minimum absolute atomic E-state index is 0.247. The Morgan fingerprint density at radius 2 is 1.86 bits per heavy atom. The van der Waals surface area contributed by atoms with Crippen molar-refractivity contribution in [2.24, 2.45) is 0 Å². The Labute approximate surface area is 175 Å². The summed E-state index contributed by atoms with van der Waals surface area (Å²) in [5, 5.41) is 15.8. The Bertz CT molecular complexity index is 1030. The number of aromatic nitrogens is 1. The van der Waals surface area contributed by atoms with Crippen molar-refractivity contribution in [1.82, 2.24) is 9.88 Å². The molecule has 1 aromatic heterocycles. The minimum atomic E-state index is -1.16. The lowest BCUT2D eigenvalue weighted by molar-refractivity contribution is -0.255. The molecule has 0 amide bonds. The van der Waals surface area contributed by atoms with Crippen LogP contribution in [0.15, 0.2) is 48.5 Å². The van der Waals surface area contributed by atoms with Crippen molar-refractivity contribution in [1.29, 1.82) is 0 Å². The van der Waals surface area contributed by atoms with Gasteiger partial charge in [0.15, 0.2) is 0 Å². The van der Waals surface area contributed by atoms with Crippen molar-refractivity contribution < 1.29 is 14.6 Å². The number of carbonyl (C=O) groups excluding carboxylic acids is 1. The van der Waals surface area contributed by atoms with E-state index in [1.807, 2.05) is 66.9 Å². The van der Waals surface area contributed by atoms with Gasteiger partial charge in [0.05, 0.1) is 13.1 Å². The number of carbonyl (C=O) groups is 1. The number of aromatic carboxylic acids is 1. The zero-order valence-corrected chi connectivity index (χ0v) is 17.5. The highest BCUT2D eigenvalue weighted by molar-refractivity contribution is 6.31. The van der Waals surface area contributed by atoms with Gasteiger partial charge in [-0.15, -0.1) is 0 Å². The first-order valence-corrected chi connectivity index (χ1v) is 9.77. The summed E-state index contributed by atoms with van der Waals surface area (Å²) < 4.78 is 7.30. The van der Waals surface area contributed by atoms with Gasteiger partial charge in [0.1, 0.15) is 5.75 Å². The highest BCUT2D eigenvalue weighted by Crippen LogP contribution is 2.25. The van der Waals surface area contributed by atoms with Crippen molar-refractivity contribution in [3.63, 3.8) is 0 Å². The highest BCUT2D eigenvalue weighted by Gasteiger charge is 2.18. The summed E-state index contributed by atoms with van der Waals surface area (Å²) in [4.78, 5) is 11.9. The van der Waals surface area contributed by atoms with E-state index in [0.29, 0.717) is 30.4 Å². The van der Waals surface area contributed by atoms with Crippen LogP contribution in [-0.4, -0.2) is 17.6 Å². The fourth-order valence-corrected chi connectivity index (χ4v) is 3.79. The second kappa shape index (κ2) is 9.16. The molecule has 0 aliphatic heterocycles. The van der Waals surface area contributed by atoms with E-state index in [1.165, 1.54) is 0 Å². The summed E-state index contributed by atoms with van der Waals surface area (Å²) in [6, 6.07) is 15.3. The summed E-state index contributed by atoms with van der Waals surface area (Å²) >= 11 is 6.20. The van der Waals surface area contributed by atoms with Crippen LogP contribution >= 0.6 is 11.6 Å². The lowest BCUT2D eigenvalue weighted by Gasteiger charge is -2.11. The van der Waals surface area contributed by atoms with Gasteiger partial charge in [0.25, 0.3) is 0 Å². The summed E-state index contributed by atoms with van der Waals surface area (Å²) in [7, 11) is 1.63. The van der Waals surface area contributed by atoms with Gasteiger partial charge in [0.2, 0.25) is 0 Å². The van der Waals surface area contributed by atoms with Crippen LogP contribution in [0, 0.1) is 13.8 Å². The second-order valence-corrected chi connectivity index (χ2v) is 7.35. The van der Waals surface area contributed by atoms with Gasteiger partial charge in [-0.05, 0) is 48.7 Å². The van der Waals surface area contributed by atoms with Crippen LogP contribution in [0.4, 0.5) is 0 Å². The second-order valence-electron chi connectivity index (χ2n) is 6.94. The number of nitrogens with zero attached hydrogens (tertiary/aromatic N) is 1. The number of methoxy groups -OCH3 is 1. The maximum Gasteiger partial charge on any atom is 0.119 e. The first kappa shape index (κ1) is 21.0. The van der Waals surface area contributed by atoms with E-state index in [9.17, 15) is 9.90 Å². The average molecular weight is 412 g/mol. The Morgan fingerprint density at radius 3 is 2.55 bits per heavy atom. The Morgan fingerprint density at radius 1 is 1.10 bits per heavy atom. The number of hydrogen-bond acceptors (Lipinski definition) is 4. The average Bonchev–Trinajstić information content (AvgIpc) is 2.94. The normalized spacial score (nSPS) is 10.9. The Kier molecular flexibility index (Phi) is 6.62. The zero-order valence-electron chi connectivity index (χ0n) is 16.8. The molecule has 0 unspecified atom stereocenters. The standard InChI is InChI=1S/C23H25ClN2O3/c1-15-20(13-25-12-18-8-4-5-10-21(18)24)22(23(27)28)16(2)26(15)14-17-7-6-9-19(11-17)29-3/h4-11,25H,12-14H2,1-3H3,(H,27,28)/p-1. The van der Waals surface area contributed by atoms with Gasteiger partial charge in [-0.25, -0.2) is 0 Å². The molecule has 0 atom stereocenters. The van der Waals surface area contributed by atoms with Crippen molar-refractivity contribution in [2.75, 3.05) is 7.11 Å². The van der Waals surface area contributed by atoms with Crippen LogP contribution in [0.5, 0.6) is 5.75 Å². The molecule has 0 spiro atoms. The molecule has 1 N–H and O–H groups in total. The molecular weight excluding hydrogens is 388 g/mol. The molecule has 0 saturated carbocycles. The van der Waals surface area contributed by atoms with Gasteiger partial charge in [0, 0.05) is 41.6 Å². The molecule has 0 aliphatic rings. The molecular formula is C23H24ClN2O3-. The molecule has 152 valence electrons. The molecule has 0 saturated heterocycles. The van der Waals surface area contributed by atoms with Crippen LogP contribution in [-0.2, 0) is 19.6 Å². The Hall–Kier alpha value is -2.76. The van der Waals surface area contributed by atoms with Crippen LogP contribution in [0.25, 0.3) is 0 Å². The lowest BCUT2D eigenvalue weighted by Crippen LogP contribution is -2.25. The smallest absolute Gasteiger partial charge is 0.119 e. The molecule has 0 radical (unpaired) electrons. The van der Waals surface area contributed by atoms with Crippen LogP contribution in [0.1, 0.15) is 38.4 Å². The maximum atomic E-state index is 11.9. The molecule has 1 heterocycles. The molecule has 0 aliphatic carbocycles. The highest BCUT2D eigenvalue weighted by atomic mass is 35.5. The number of halogens is 1. The number of carboxylic acid groups (broad SMARTS) is 1. The molecule has 6 heteroatoms. The number of ether oxygens (including phenoxy) is 1. The molecule has 3 rings (SSSR count). The lowest BCUT2D eigenvalue weighted by atomic mass is 10.1. The van der Waals surface area contributed by atoms with Crippen LogP contribution in [0.3, 0.4) is 0 Å². The van der Waals surface area contributed by atoms with Gasteiger partial charge in [-0.1, -0.05) is 41.9 Å². The van der Waals surface area contributed by atoms with Crippen LogP contribution < -0.4 is 15.2 Å². The summed E-state index contributed by atoms with van der Waals surface area (Å²) in [5.41, 5.74) is 4.56. The molecule has 29 heavy (non-hydrogen) atoms. The van der Waals surface area contributed by atoms with Crippen molar-refractivity contribution in [2.45, 2.75) is 33.5 Å². The predicted octanol–water partition coefficient (Wildman–Crippen LogP) is 3.47. The molecule has 5 nitrogen and oxygen atoms in total. The minimum Gasteiger partial charge on any atom is -0.545 e. The summed E-state index contributed by atoms with van der Waals surface area (Å²) in [6.45, 7) is 5.26. The van der Waals surface area contributed by atoms with E-state index in [0.717, 1.165) is 28.1 Å². The number of rotatable bonds is 8. The van der Waals surface area contributed by atoms with Crippen molar-refractivity contribution in [3.8, 4) is 5.75 Å². The maximum absolute atomic E-state index is 11.9. The summed E-state index contributed by atoms with van der Waals surface area (Å²) in [5.74, 6) is -0.392. The first-order chi connectivity index (χ1) is 13.9. The van der Waals surface area contributed by atoms with Gasteiger partial charge >= 0.3 is 0 Å². The largest absolute Gasteiger partial charge is 0.545 e. The van der Waals surface area contributed by atoms with Gasteiger partial charge in [-0.3, -0.25) is 0 Å². The molecule has 3 aromatic rings. The topological polar surface area (TPSA) is 66.3 Å². The zero-order chi connectivity index (χ0) is 21.0. The first-order valence-electron chi connectivity index (χ1n) is 9.39. The molecule has 0 bridgehead atoms. The SMILES string of the molecule is COc1cccc(Cn2c(C)c(CNCc3ccccc3Cl)c(C(=O)[O-])c2C)c1. The monoisotopic (exact) mass is 411 g/mol. The van der Waals surface area contributed by atoms with Crippen molar-refractivity contribution >= 4 is 17.6 Å². The Balaban J connectivity index is 1.85. The number of benzene rings is 2. The van der Waals surface area contributed by atoms with Gasteiger partial charge in [-0.2, -0.15) is 0 Å². The molecule has 0 fully saturated rings. The van der Waals surface area contributed by atoms with E-state index < -0.39 is 5.97 Å². The van der Waals surface area contributed by atoms with E-state index in [4.69, 9.17) is 16.3 Å². The number of nitrogens with one attached hydrogen (secondary N) is 1. The van der Waals surface area contributed by atoms with Gasteiger partial charge < -0.3 is 24.5 Å². The molecule has 2 aromatic carbocycles. The van der Waals surface area contributed by atoms with Crippen LogP contribution in [0.2, 0.25) is 5.02 Å². The third-order valence-electron chi connectivity index (χ3n) is 5.16. The van der Waals surface area contributed by atoms with E-state index in [1.54, 1.807) is 7.11 Å². The third-order valence-corrected chi connectivity index (χ3v) is 5.53. The summed E-state index contributed by atoms with van der Waals surface area (Å²) in [6.07, 6.45) is 0. The van der Waals surface area contributed by atoms with E-state index in [2.05, 4.69) is 5.32 Å². The quantitative estimate of drug-likeness (QED) is 0.616. The fraction of sp³-hybridized carbons (Fsp3) is 0.261. The van der Waals surface area contributed by atoms with E-state index >= 15 is 0 Å². The van der Waals surface area contributed by atoms with Crippen molar-refractivity contribution in [3.05, 3.63) is 87.2 Å². The number of hydrogen-bond donors (Lipinski definition) is 1. The third kappa shape index (κ3) is 4.63.